The molecule has 0 aliphatic carbocycles. The van der Waals surface area contributed by atoms with E-state index in [1.54, 1.807) is 0 Å². The van der Waals surface area contributed by atoms with Crippen molar-refractivity contribution in [3.63, 3.8) is 0 Å². The van der Waals surface area contributed by atoms with Gasteiger partial charge in [0.15, 0.2) is 0 Å². The lowest BCUT2D eigenvalue weighted by molar-refractivity contribution is -0.138. The molecule has 0 aromatic heterocycles. The highest BCUT2D eigenvalue weighted by atomic mass is 31.2. The van der Waals surface area contributed by atoms with Crippen molar-refractivity contribution in [3.8, 4) is 0 Å². The Morgan fingerprint density at radius 2 is 1.02 bits per heavy atom. The molecule has 4 aromatic carbocycles. The van der Waals surface area contributed by atoms with Gasteiger partial charge in [0.25, 0.3) is 0 Å². The molecule has 4 aromatic rings. The molecule has 0 saturated carbocycles. The van der Waals surface area contributed by atoms with Crippen LogP contribution in [0.3, 0.4) is 0 Å². The minimum atomic E-state index is -4.48. The van der Waals surface area contributed by atoms with Crippen LogP contribution in [0.4, 0.5) is 26.3 Å². The first kappa shape index (κ1) is 31.7. The maximum Gasteiger partial charge on any atom is 0.416 e. The van der Waals surface area contributed by atoms with Crippen molar-refractivity contribution in [1.82, 2.24) is 4.44 Å². The number of halogens is 6. The molecule has 2 atom stereocenters. The molecule has 9 heteroatoms. The molecule has 1 heterocycles. The molecule has 1 saturated heterocycles. The Kier molecular flexibility index (Phi) is 9.96. The Bertz CT molecular complexity index is 1340. The first-order chi connectivity index (χ1) is 20.6. The fourth-order valence-electron chi connectivity index (χ4n) is 5.73. The average Bonchev–Trinajstić information content (AvgIpc) is 3.44. The lowest BCUT2D eigenvalue weighted by Crippen LogP contribution is -2.28. The van der Waals surface area contributed by atoms with E-state index in [0.717, 1.165) is 49.9 Å². The fourth-order valence-corrected chi connectivity index (χ4v) is 13.2. The lowest BCUT2D eigenvalue weighted by atomic mass is 10.0. The number of nitrogens with zero attached hydrogens (tertiary/aromatic N) is 1. The number of hydrogen-bond donors (Lipinski definition) is 0. The third-order valence-corrected chi connectivity index (χ3v) is 14.3. The van der Waals surface area contributed by atoms with Gasteiger partial charge in [0.05, 0.1) is 11.1 Å². The Morgan fingerprint density at radius 1 is 0.628 bits per heavy atom. The Labute approximate surface area is 251 Å². The van der Waals surface area contributed by atoms with Crippen LogP contribution in [0.25, 0.3) is 0 Å². The minimum absolute atomic E-state index is 0.215. The van der Waals surface area contributed by atoms with Gasteiger partial charge in [-0.05, 0) is 73.3 Å². The molecule has 0 N–H and O–H groups in total. The molecule has 1 aliphatic rings. The highest BCUT2D eigenvalue weighted by molar-refractivity contribution is 7.79. The van der Waals surface area contributed by atoms with Gasteiger partial charge in [0.1, 0.15) is 0 Å². The third kappa shape index (κ3) is 7.33. The Balaban J connectivity index is 1.68. The highest BCUT2D eigenvalue weighted by Crippen LogP contribution is 2.76. The van der Waals surface area contributed by atoms with Crippen LogP contribution in [0.1, 0.15) is 66.2 Å². The normalized spacial score (nSPS) is 18.1. The van der Waals surface area contributed by atoms with Crippen molar-refractivity contribution in [2.24, 2.45) is 0 Å². The van der Waals surface area contributed by atoms with E-state index in [1.165, 1.54) is 35.4 Å². The molecule has 5 rings (SSSR count). The topological polar surface area (TPSA) is 3.24 Å². The van der Waals surface area contributed by atoms with E-state index < -0.39 is 39.6 Å². The van der Waals surface area contributed by atoms with Gasteiger partial charge >= 0.3 is 12.4 Å². The highest BCUT2D eigenvalue weighted by Gasteiger charge is 2.44. The molecule has 1 nitrogen and oxygen atoms in total. The second kappa shape index (κ2) is 13.5. The molecular weight excluding hydrogens is 598 g/mol. The van der Waals surface area contributed by atoms with Crippen LogP contribution in [0.15, 0.2) is 109 Å². The molecule has 1 fully saturated rings. The second-order valence-corrected chi connectivity index (χ2v) is 15.6. The largest absolute Gasteiger partial charge is 0.416 e. The average molecular weight is 632 g/mol. The van der Waals surface area contributed by atoms with E-state index in [1.807, 2.05) is 36.4 Å². The molecule has 0 amide bonds. The number of benzene rings is 4. The van der Waals surface area contributed by atoms with Gasteiger partial charge in [0.2, 0.25) is 0 Å². The van der Waals surface area contributed by atoms with Gasteiger partial charge < -0.3 is 0 Å². The van der Waals surface area contributed by atoms with Crippen molar-refractivity contribution in [2.75, 3.05) is 6.54 Å². The van der Waals surface area contributed by atoms with Crippen molar-refractivity contribution in [3.05, 3.63) is 131 Å². The SMILES string of the molecule is CCCCN(P(c1ccc(C(F)(F)F)cc1)c1ccc(C(F)(F)F)cc1)P1[C@H](c2ccccc2)CC[C@H]1c1ccccc1. The predicted molar refractivity (Wildman–Crippen MR) is 165 cm³/mol. The number of rotatable bonds is 9. The summed E-state index contributed by atoms with van der Waals surface area (Å²) in [5, 5.41) is 1.40. The van der Waals surface area contributed by atoms with Crippen molar-refractivity contribution >= 4 is 26.8 Å². The maximum absolute atomic E-state index is 13.5. The summed E-state index contributed by atoms with van der Waals surface area (Å²) in [7, 11) is -2.37. The van der Waals surface area contributed by atoms with E-state index in [-0.39, 0.29) is 11.3 Å². The van der Waals surface area contributed by atoms with Crippen LogP contribution >= 0.6 is 16.1 Å². The van der Waals surface area contributed by atoms with Crippen LogP contribution in [0.2, 0.25) is 0 Å². The summed E-state index contributed by atoms with van der Waals surface area (Å²) >= 11 is 0. The standard InChI is InChI=1S/C34H33F6NP2/c1-2-3-24-41(43-31(25-10-6-4-7-11-25)22-23-32(43)26-12-8-5-9-13-26)42(29-18-14-27(15-19-29)33(35,36)37)30-20-16-28(17-21-30)34(38,39)40/h4-21,31-32H,2-3,22-24H2,1H3/t31-,32-/m0/s1. The molecular formula is C34H33F6NP2. The Morgan fingerprint density at radius 3 is 1.37 bits per heavy atom. The molecule has 0 bridgehead atoms. The number of hydrogen-bond acceptors (Lipinski definition) is 1. The zero-order valence-corrected chi connectivity index (χ0v) is 25.5. The summed E-state index contributed by atoms with van der Waals surface area (Å²) < 4.78 is 83.7. The van der Waals surface area contributed by atoms with E-state index in [9.17, 15) is 26.3 Å². The van der Waals surface area contributed by atoms with Crippen LogP contribution in [0, 0.1) is 0 Å². The van der Waals surface area contributed by atoms with Gasteiger partial charge in [-0.2, -0.15) is 26.3 Å². The van der Waals surface area contributed by atoms with Crippen molar-refractivity contribution in [1.29, 1.82) is 0 Å². The quantitative estimate of drug-likeness (QED) is 0.131. The summed E-state index contributed by atoms with van der Waals surface area (Å²) in [6.07, 6.45) is -5.27. The van der Waals surface area contributed by atoms with E-state index in [0.29, 0.717) is 17.2 Å². The molecule has 0 radical (unpaired) electrons. The minimum Gasteiger partial charge on any atom is -0.251 e. The van der Waals surface area contributed by atoms with Crippen molar-refractivity contribution < 1.29 is 26.3 Å². The monoisotopic (exact) mass is 631 g/mol. The fraction of sp³-hybridized carbons (Fsp3) is 0.294. The van der Waals surface area contributed by atoms with Gasteiger partial charge in [-0.1, -0.05) is 98.3 Å². The van der Waals surface area contributed by atoms with Crippen molar-refractivity contribution in [2.45, 2.75) is 56.3 Å². The third-order valence-electron chi connectivity index (χ3n) is 7.81. The smallest absolute Gasteiger partial charge is 0.251 e. The van der Waals surface area contributed by atoms with Gasteiger partial charge in [-0.25, -0.2) is 0 Å². The first-order valence-electron chi connectivity index (χ1n) is 14.4. The molecule has 0 spiro atoms. The molecule has 43 heavy (non-hydrogen) atoms. The maximum atomic E-state index is 13.5. The van der Waals surface area contributed by atoms with Gasteiger partial charge in [0, 0.05) is 25.9 Å². The van der Waals surface area contributed by atoms with E-state index in [4.69, 9.17) is 0 Å². The van der Waals surface area contributed by atoms with Crippen LogP contribution < -0.4 is 10.6 Å². The first-order valence-corrected chi connectivity index (χ1v) is 17.1. The zero-order valence-electron chi connectivity index (χ0n) is 23.7. The van der Waals surface area contributed by atoms with E-state index in [2.05, 4.69) is 35.6 Å². The van der Waals surface area contributed by atoms with E-state index >= 15 is 0 Å². The summed E-state index contributed by atoms with van der Waals surface area (Å²) in [5.41, 5.74) is 1.40. The zero-order chi connectivity index (χ0) is 30.6. The van der Waals surface area contributed by atoms with Crippen LogP contribution in [-0.2, 0) is 12.4 Å². The Hall–Kier alpha value is -2.72. The van der Waals surface area contributed by atoms with Crippen LogP contribution in [-0.4, -0.2) is 11.0 Å². The predicted octanol–water partition coefficient (Wildman–Crippen LogP) is 10.8. The van der Waals surface area contributed by atoms with Crippen LogP contribution in [0.5, 0.6) is 0 Å². The summed E-state index contributed by atoms with van der Waals surface area (Å²) in [6.45, 7) is 2.80. The second-order valence-electron chi connectivity index (χ2n) is 10.7. The lowest BCUT2D eigenvalue weighted by Gasteiger charge is -2.42. The summed E-state index contributed by atoms with van der Waals surface area (Å²) in [5.74, 6) is 0. The molecule has 0 unspecified atom stereocenters. The summed E-state index contributed by atoms with van der Waals surface area (Å²) in [4.78, 5) is 0. The number of unbranched alkanes of at least 4 members (excludes halogenated alkanes) is 1. The molecule has 226 valence electrons. The van der Waals surface area contributed by atoms with Gasteiger partial charge in [-0.15, -0.1) is 0 Å². The number of alkyl halides is 6. The molecule has 1 aliphatic heterocycles. The summed E-state index contributed by atoms with van der Waals surface area (Å²) in [6, 6.07) is 31.1. The van der Waals surface area contributed by atoms with Gasteiger partial charge in [-0.3, -0.25) is 4.44 Å².